The fourth-order valence-corrected chi connectivity index (χ4v) is 2.69. The van der Waals surface area contributed by atoms with Crippen LogP contribution in [0.25, 0.3) is 0 Å². The number of nitrogens with one attached hydrogen (secondary N) is 1. The van der Waals surface area contributed by atoms with Gasteiger partial charge in [-0.2, -0.15) is 0 Å². The molecule has 0 aliphatic carbocycles. The molecule has 0 unspecified atom stereocenters. The molecule has 0 saturated carbocycles. The number of hydrogen-bond donors (Lipinski definition) is 1. The Morgan fingerprint density at radius 2 is 1.80 bits per heavy atom. The van der Waals surface area contributed by atoms with Gasteiger partial charge in [-0.05, 0) is 52.2 Å². The molecule has 3 nitrogen and oxygen atoms in total. The van der Waals surface area contributed by atoms with E-state index in [1.807, 2.05) is 7.05 Å². The minimum atomic E-state index is -0.282. The van der Waals surface area contributed by atoms with Crippen LogP contribution in [0.2, 0.25) is 0 Å². The lowest BCUT2D eigenvalue weighted by Gasteiger charge is -2.32. The van der Waals surface area contributed by atoms with E-state index in [1.165, 1.54) is 5.56 Å². The molecule has 20 heavy (non-hydrogen) atoms. The van der Waals surface area contributed by atoms with Crippen LogP contribution in [0.15, 0.2) is 24.3 Å². The summed E-state index contributed by atoms with van der Waals surface area (Å²) >= 11 is 1.73. The van der Waals surface area contributed by atoms with Crippen molar-refractivity contribution in [2.24, 2.45) is 0 Å². The van der Waals surface area contributed by atoms with Crippen LogP contribution in [0.5, 0.6) is 0 Å². The van der Waals surface area contributed by atoms with Crippen molar-refractivity contribution in [2.45, 2.75) is 45.3 Å². The summed E-state index contributed by atoms with van der Waals surface area (Å²) in [6, 6.07) is 8.51. The highest BCUT2D eigenvalue weighted by Crippen LogP contribution is 2.36. The van der Waals surface area contributed by atoms with Crippen LogP contribution in [0.4, 0.5) is 0 Å². The van der Waals surface area contributed by atoms with E-state index < -0.39 is 0 Å². The lowest BCUT2D eigenvalue weighted by Crippen LogP contribution is -2.41. The second-order valence-electron chi connectivity index (χ2n) is 6.14. The Balaban J connectivity index is 2.09. The quantitative estimate of drug-likeness (QED) is 0.513. The highest BCUT2D eigenvalue weighted by Gasteiger charge is 2.51. The van der Waals surface area contributed by atoms with Gasteiger partial charge in [0.1, 0.15) is 0 Å². The molecule has 0 radical (unpaired) electrons. The first-order valence-electron chi connectivity index (χ1n) is 7.09. The molecule has 5 heteroatoms. The lowest BCUT2D eigenvalue weighted by molar-refractivity contribution is 0.00578. The van der Waals surface area contributed by atoms with Crippen molar-refractivity contribution in [2.75, 3.05) is 12.8 Å². The van der Waals surface area contributed by atoms with Gasteiger partial charge < -0.3 is 9.31 Å². The third-order valence-electron chi connectivity index (χ3n) is 4.11. The minimum absolute atomic E-state index is 0.267. The maximum absolute atomic E-state index is 6.09. The van der Waals surface area contributed by atoms with Gasteiger partial charge in [-0.25, -0.2) is 0 Å². The maximum atomic E-state index is 6.09. The summed E-state index contributed by atoms with van der Waals surface area (Å²) in [5.74, 6) is 1.06. The molecular weight excluding hydrogens is 269 g/mol. The Labute approximate surface area is 127 Å². The standard InChI is InChI=1S/C15H24BNO2S/c1-14(2)15(3,4)19-16(18-14)13-8-6-7-12(11-13)9-10-20-17-5/h6-8,11,17H,9-10H2,1-5H3. The molecule has 1 aliphatic heterocycles. The van der Waals surface area contributed by atoms with Crippen molar-refractivity contribution >= 4 is 24.5 Å². The van der Waals surface area contributed by atoms with Crippen LogP contribution < -0.4 is 10.2 Å². The van der Waals surface area contributed by atoms with E-state index in [0.717, 1.165) is 17.6 Å². The van der Waals surface area contributed by atoms with Crippen molar-refractivity contribution in [1.82, 2.24) is 4.72 Å². The van der Waals surface area contributed by atoms with E-state index in [0.29, 0.717) is 0 Å². The zero-order valence-electron chi connectivity index (χ0n) is 13.0. The Kier molecular flexibility index (Phi) is 4.85. The molecular formula is C15H24BNO2S. The summed E-state index contributed by atoms with van der Waals surface area (Å²) in [4.78, 5) is 0. The SMILES string of the molecule is CNSCCc1cccc(B2OC(C)(C)C(C)(C)O2)c1. The van der Waals surface area contributed by atoms with Crippen LogP contribution in [-0.4, -0.2) is 31.1 Å². The first kappa shape index (κ1) is 15.9. The van der Waals surface area contributed by atoms with Gasteiger partial charge in [0.15, 0.2) is 0 Å². The molecule has 1 saturated heterocycles. The fraction of sp³-hybridized carbons (Fsp3) is 0.600. The van der Waals surface area contributed by atoms with Crippen molar-refractivity contribution in [3.63, 3.8) is 0 Å². The minimum Gasteiger partial charge on any atom is -0.399 e. The van der Waals surface area contributed by atoms with Crippen LogP contribution in [-0.2, 0) is 15.7 Å². The van der Waals surface area contributed by atoms with E-state index in [9.17, 15) is 0 Å². The van der Waals surface area contributed by atoms with Gasteiger partial charge >= 0.3 is 7.12 Å². The van der Waals surface area contributed by atoms with E-state index >= 15 is 0 Å². The normalized spacial score (nSPS) is 20.4. The summed E-state index contributed by atoms with van der Waals surface area (Å²) in [6.07, 6.45) is 1.04. The predicted molar refractivity (Wildman–Crippen MR) is 87.4 cm³/mol. The molecule has 2 rings (SSSR count). The molecule has 1 fully saturated rings. The summed E-state index contributed by atoms with van der Waals surface area (Å²) in [5.41, 5.74) is 1.86. The highest BCUT2D eigenvalue weighted by atomic mass is 32.2. The molecule has 0 spiro atoms. The van der Waals surface area contributed by atoms with Crippen molar-refractivity contribution in [1.29, 1.82) is 0 Å². The first-order valence-corrected chi connectivity index (χ1v) is 8.07. The molecule has 0 bridgehead atoms. The Morgan fingerprint density at radius 1 is 1.15 bits per heavy atom. The summed E-state index contributed by atoms with van der Waals surface area (Å²) in [7, 11) is 1.68. The highest BCUT2D eigenvalue weighted by molar-refractivity contribution is 7.97. The Morgan fingerprint density at radius 3 is 2.40 bits per heavy atom. The number of aryl methyl sites for hydroxylation is 1. The largest absolute Gasteiger partial charge is 0.494 e. The van der Waals surface area contributed by atoms with E-state index in [2.05, 4.69) is 56.7 Å². The zero-order valence-corrected chi connectivity index (χ0v) is 13.8. The lowest BCUT2D eigenvalue weighted by atomic mass is 9.78. The smallest absolute Gasteiger partial charge is 0.399 e. The molecule has 1 aliphatic rings. The van der Waals surface area contributed by atoms with Crippen molar-refractivity contribution in [3.8, 4) is 0 Å². The van der Waals surface area contributed by atoms with E-state index in [4.69, 9.17) is 9.31 Å². The van der Waals surface area contributed by atoms with Crippen LogP contribution >= 0.6 is 11.9 Å². The molecule has 1 N–H and O–H groups in total. The van der Waals surface area contributed by atoms with Crippen molar-refractivity contribution in [3.05, 3.63) is 29.8 Å². The van der Waals surface area contributed by atoms with Gasteiger partial charge in [0.05, 0.1) is 11.2 Å². The predicted octanol–water partition coefficient (Wildman–Crippen LogP) is 2.40. The van der Waals surface area contributed by atoms with Gasteiger partial charge in [0.2, 0.25) is 0 Å². The van der Waals surface area contributed by atoms with Gasteiger partial charge in [0, 0.05) is 5.75 Å². The molecule has 1 aromatic rings. The molecule has 0 amide bonds. The molecule has 0 atom stereocenters. The number of benzene rings is 1. The average molecular weight is 293 g/mol. The fourth-order valence-electron chi connectivity index (χ4n) is 2.15. The third-order valence-corrected chi connectivity index (χ3v) is 4.81. The summed E-state index contributed by atoms with van der Waals surface area (Å²) in [5, 5.41) is 0. The molecule has 0 aromatic heterocycles. The molecule has 1 aromatic carbocycles. The van der Waals surface area contributed by atoms with Gasteiger partial charge in [-0.1, -0.05) is 36.2 Å². The second kappa shape index (κ2) is 6.10. The maximum Gasteiger partial charge on any atom is 0.494 e. The zero-order chi connectivity index (χ0) is 14.8. The number of hydrogen-bond acceptors (Lipinski definition) is 4. The van der Waals surface area contributed by atoms with Gasteiger partial charge in [0.25, 0.3) is 0 Å². The van der Waals surface area contributed by atoms with Gasteiger partial charge in [-0.3, -0.25) is 4.72 Å². The summed E-state index contributed by atoms with van der Waals surface area (Å²) in [6.45, 7) is 8.33. The monoisotopic (exact) mass is 293 g/mol. The third kappa shape index (κ3) is 3.39. The molecule has 110 valence electrons. The van der Waals surface area contributed by atoms with Gasteiger partial charge in [-0.15, -0.1) is 0 Å². The Hall–Kier alpha value is -0.485. The summed E-state index contributed by atoms with van der Waals surface area (Å²) < 4.78 is 15.3. The van der Waals surface area contributed by atoms with E-state index in [1.54, 1.807) is 11.9 Å². The van der Waals surface area contributed by atoms with Crippen LogP contribution in [0, 0.1) is 0 Å². The Bertz CT molecular complexity index is 449. The average Bonchev–Trinajstić information content (AvgIpc) is 2.59. The van der Waals surface area contributed by atoms with Crippen molar-refractivity contribution < 1.29 is 9.31 Å². The topological polar surface area (TPSA) is 30.5 Å². The van der Waals surface area contributed by atoms with Crippen LogP contribution in [0.1, 0.15) is 33.3 Å². The van der Waals surface area contributed by atoms with Crippen LogP contribution in [0.3, 0.4) is 0 Å². The second-order valence-corrected chi connectivity index (χ2v) is 7.24. The molecule has 1 heterocycles. The first-order chi connectivity index (χ1) is 9.36. The number of rotatable bonds is 5. The van der Waals surface area contributed by atoms with E-state index in [-0.39, 0.29) is 18.3 Å².